The zero-order chi connectivity index (χ0) is 17.7. The van der Waals surface area contributed by atoms with Gasteiger partial charge >= 0.3 is 0 Å². The molecule has 0 aliphatic rings. The lowest BCUT2D eigenvalue weighted by molar-refractivity contribution is -0.116. The highest BCUT2D eigenvalue weighted by atomic mass is 35.5. The molecule has 1 amide bonds. The number of halogens is 4. The van der Waals surface area contributed by atoms with E-state index in [4.69, 9.17) is 16.3 Å². The van der Waals surface area contributed by atoms with E-state index < -0.39 is 17.5 Å². The number of carbonyl (C=O) groups excluding carboxylic acids is 1. The van der Waals surface area contributed by atoms with Crippen molar-refractivity contribution in [1.29, 1.82) is 0 Å². The van der Waals surface area contributed by atoms with Gasteiger partial charge in [0.05, 0.1) is 18.5 Å². The Morgan fingerprint density at radius 2 is 1.88 bits per heavy atom. The lowest BCUT2D eigenvalue weighted by Gasteiger charge is -2.11. The fraction of sp³-hybridized carbons (Fsp3) is 0.188. The van der Waals surface area contributed by atoms with Crippen LogP contribution in [0.3, 0.4) is 0 Å². The average molecular weight is 359 g/mol. The predicted octanol–water partition coefficient (Wildman–Crippen LogP) is 4.21. The molecule has 0 fully saturated rings. The Kier molecular flexibility index (Phi) is 5.92. The van der Waals surface area contributed by atoms with Gasteiger partial charge in [0.2, 0.25) is 5.91 Å². The molecule has 0 bridgehead atoms. The summed E-state index contributed by atoms with van der Waals surface area (Å²) in [5.41, 5.74) is 0.177. The third-order valence-corrected chi connectivity index (χ3v) is 3.37. The molecule has 2 aromatic rings. The molecule has 0 aromatic heterocycles. The number of amides is 1. The van der Waals surface area contributed by atoms with E-state index in [1.165, 1.54) is 13.2 Å². The number of hydrogen-bond donors (Lipinski definition) is 2. The average Bonchev–Trinajstić information content (AvgIpc) is 2.55. The van der Waals surface area contributed by atoms with Gasteiger partial charge in [-0.15, -0.1) is 0 Å². The van der Waals surface area contributed by atoms with Gasteiger partial charge in [-0.1, -0.05) is 11.6 Å². The van der Waals surface area contributed by atoms with Gasteiger partial charge in [-0.3, -0.25) is 4.79 Å². The zero-order valence-corrected chi connectivity index (χ0v) is 13.4. The topological polar surface area (TPSA) is 50.4 Å². The van der Waals surface area contributed by atoms with E-state index in [9.17, 15) is 18.0 Å². The van der Waals surface area contributed by atoms with Crippen LogP contribution in [0.1, 0.15) is 6.42 Å². The summed E-state index contributed by atoms with van der Waals surface area (Å²) in [4.78, 5) is 11.9. The molecule has 0 aliphatic heterocycles. The van der Waals surface area contributed by atoms with Crippen LogP contribution >= 0.6 is 11.6 Å². The van der Waals surface area contributed by atoms with Gasteiger partial charge in [0.1, 0.15) is 5.75 Å². The molecule has 0 heterocycles. The molecule has 0 saturated carbocycles. The van der Waals surface area contributed by atoms with E-state index in [-0.39, 0.29) is 24.6 Å². The lowest BCUT2D eigenvalue weighted by atomic mass is 10.2. The first-order chi connectivity index (χ1) is 11.4. The Labute approximate surface area is 141 Å². The number of methoxy groups -OCH3 is 1. The van der Waals surface area contributed by atoms with E-state index in [0.717, 1.165) is 12.1 Å². The molecule has 2 rings (SSSR count). The van der Waals surface area contributed by atoms with Crippen molar-refractivity contribution in [3.8, 4) is 5.75 Å². The first kappa shape index (κ1) is 17.9. The van der Waals surface area contributed by atoms with Crippen molar-refractivity contribution in [1.82, 2.24) is 0 Å². The Morgan fingerprint density at radius 1 is 1.12 bits per heavy atom. The summed E-state index contributed by atoms with van der Waals surface area (Å²) >= 11 is 5.86. The van der Waals surface area contributed by atoms with Crippen molar-refractivity contribution >= 4 is 28.9 Å². The molecule has 4 nitrogen and oxygen atoms in total. The molecule has 0 saturated heterocycles. The second-order valence-corrected chi connectivity index (χ2v) is 5.23. The van der Waals surface area contributed by atoms with Gasteiger partial charge < -0.3 is 15.4 Å². The van der Waals surface area contributed by atoms with Crippen LogP contribution in [0, 0.1) is 17.5 Å². The van der Waals surface area contributed by atoms with Crippen molar-refractivity contribution < 1.29 is 22.7 Å². The van der Waals surface area contributed by atoms with Crippen LogP contribution in [0.15, 0.2) is 30.3 Å². The first-order valence-corrected chi connectivity index (χ1v) is 7.31. The summed E-state index contributed by atoms with van der Waals surface area (Å²) in [5, 5.41) is 5.57. The Bertz CT molecular complexity index is 756. The second kappa shape index (κ2) is 7.92. The molecule has 2 aromatic carbocycles. The molecule has 0 atom stereocenters. The van der Waals surface area contributed by atoms with Gasteiger partial charge in [-0.2, -0.15) is 0 Å². The van der Waals surface area contributed by atoms with Crippen molar-refractivity contribution in [3.63, 3.8) is 0 Å². The van der Waals surface area contributed by atoms with E-state index in [1.807, 2.05) is 0 Å². The minimum Gasteiger partial charge on any atom is -0.495 e. The van der Waals surface area contributed by atoms with Crippen LogP contribution in [0.4, 0.5) is 24.5 Å². The summed E-state index contributed by atoms with van der Waals surface area (Å²) in [7, 11) is 1.45. The molecule has 128 valence electrons. The van der Waals surface area contributed by atoms with Crippen LogP contribution in [-0.4, -0.2) is 19.6 Å². The van der Waals surface area contributed by atoms with Gasteiger partial charge in [0.15, 0.2) is 17.5 Å². The Balaban J connectivity index is 1.93. The number of anilines is 2. The van der Waals surface area contributed by atoms with Crippen molar-refractivity contribution in [2.24, 2.45) is 0 Å². The number of rotatable bonds is 6. The largest absolute Gasteiger partial charge is 0.495 e. The third kappa shape index (κ3) is 4.32. The summed E-state index contributed by atoms with van der Waals surface area (Å²) in [6, 6.07) is 6.61. The van der Waals surface area contributed by atoms with Crippen LogP contribution in [0.2, 0.25) is 5.02 Å². The maximum absolute atomic E-state index is 13.5. The summed E-state index contributed by atoms with van der Waals surface area (Å²) in [5.74, 6) is -4.11. The summed E-state index contributed by atoms with van der Waals surface area (Å²) < 4.78 is 44.5. The Morgan fingerprint density at radius 3 is 2.58 bits per heavy atom. The molecule has 2 N–H and O–H groups in total. The first-order valence-electron chi connectivity index (χ1n) is 6.93. The highest BCUT2D eigenvalue weighted by molar-refractivity contribution is 6.31. The smallest absolute Gasteiger partial charge is 0.226 e. The van der Waals surface area contributed by atoms with Crippen molar-refractivity contribution in [2.75, 3.05) is 24.3 Å². The third-order valence-electron chi connectivity index (χ3n) is 3.14. The fourth-order valence-electron chi connectivity index (χ4n) is 1.96. The molecule has 0 spiro atoms. The van der Waals surface area contributed by atoms with Crippen molar-refractivity contribution in [3.05, 3.63) is 52.8 Å². The van der Waals surface area contributed by atoms with E-state index >= 15 is 0 Å². The molecule has 0 unspecified atom stereocenters. The summed E-state index contributed by atoms with van der Waals surface area (Å²) in [6.07, 6.45) is -0.0336. The maximum Gasteiger partial charge on any atom is 0.226 e. The van der Waals surface area contributed by atoms with E-state index in [1.54, 1.807) is 12.1 Å². The van der Waals surface area contributed by atoms with Crippen LogP contribution in [0.25, 0.3) is 0 Å². The SMILES string of the molecule is COc1ccc(Cl)cc1NC(=O)CCNc1ccc(F)c(F)c1F. The van der Waals surface area contributed by atoms with Crippen LogP contribution < -0.4 is 15.4 Å². The minimum absolute atomic E-state index is 0.0245. The monoisotopic (exact) mass is 358 g/mol. The highest BCUT2D eigenvalue weighted by Crippen LogP contribution is 2.27. The van der Waals surface area contributed by atoms with Crippen molar-refractivity contribution in [2.45, 2.75) is 6.42 Å². The fourth-order valence-corrected chi connectivity index (χ4v) is 2.14. The molecule has 24 heavy (non-hydrogen) atoms. The predicted molar refractivity (Wildman–Crippen MR) is 86.1 cm³/mol. The minimum atomic E-state index is -1.56. The number of hydrogen-bond acceptors (Lipinski definition) is 3. The van der Waals surface area contributed by atoms with Gasteiger partial charge in [-0.25, -0.2) is 13.2 Å². The molecule has 0 radical (unpaired) electrons. The molecular weight excluding hydrogens is 345 g/mol. The standard InChI is InChI=1S/C16H14ClF3N2O2/c1-24-13-5-2-9(17)8-12(13)22-14(23)6-7-21-11-4-3-10(18)15(19)16(11)20/h2-5,8,21H,6-7H2,1H3,(H,22,23). The van der Waals surface area contributed by atoms with Crippen LogP contribution in [-0.2, 0) is 4.79 Å². The number of nitrogens with one attached hydrogen (secondary N) is 2. The molecule has 8 heteroatoms. The Hall–Kier alpha value is -2.41. The second-order valence-electron chi connectivity index (χ2n) is 4.79. The molecular formula is C16H14ClF3N2O2. The van der Waals surface area contributed by atoms with Crippen LogP contribution in [0.5, 0.6) is 5.75 Å². The maximum atomic E-state index is 13.5. The lowest BCUT2D eigenvalue weighted by Crippen LogP contribution is -2.17. The molecule has 0 aliphatic carbocycles. The van der Waals surface area contributed by atoms with Gasteiger partial charge in [0, 0.05) is 18.0 Å². The normalized spacial score (nSPS) is 10.4. The van der Waals surface area contributed by atoms with Gasteiger partial charge in [0.25, 0.3) is 0 Å². The highest BCUT2D eigenvalue weighted by Gasteiger charge is 2.13. The van der Waals surface area contributed by atoms with E-state index in [2.05, 4.69) is 10.6 Å². The number of benzene rings is 2. The zero-order valence-electron chi connectivity index (χ0n) is 12.6. The van der Waals surface area contributed by atoms with Gasteiger partial charge in [-0.05, 0) is 30.3 Å². The summed E-state index contributed by atoms with van der Waals surface area (Å²) in [6.45, 7) is 0.0245. The number of ether oxygens (including phenoxy) is 1. The van der Waals surface area contributed by atoms with E-state index in [0.29, 0.717) is 16.5 Å². The quantitative estimate of drug-likeness (QED) is 0.761. The number of carbonyl (C=O) groups is 1.